The first-order valence-corrected chi connectivity index (χ1v) is 9.75. The van der Waals surface area contributed by atoms with Crippen molar-refractivity contribution in [2.75, 3.05) is 26.1 Å². The number of ether oxygens (including phenoxy) is 2. The van der Waals surface area contributed by atoms with Crippen molar-refractivity contribution in [2.45, 2.75) is 11.4 Å². The van der Waals surface area contributed by atoms with Crippen LogP contribution in [0.2, 0.25) is 0 Å². The second-order valence-corrected chi connectivity index (χ2v) is 7.15. The fourth-order valence-electron chi connectivity index (χ4n) is 2.37. The molecule has 0 aliphatic carbocycles. The van der Waals surface area contributed by atoms with Crippen LogP contribution < -0.4 is 25.0 Å². The van der Waals surface area contributed by atoms with Crippen molar-refractivity contribution < 1.29 is 27.5 Å². The van der Waals surface area contributed by atoms with Gasteiger partial charge in [-0.05, 0) is 18.6 Å². The van der Waals surface area contributed by atoms with Crippen molar-refractivity contribution in [1.82, 2.24) is 25.2 Å². The SMILES string of the molecule is COc1cc(OC)nc(NC(=O)NS(=O)(=O)c2ncccc2C2=CCCON2)n1. The molecule has 0 atom stereocenters. The number of hydroxylamine groups is 1. The minimum atomic E-state index is -4.32. The van der Waals surface area contributed by atoms with Crippen molar-refractivity contribution in [3.05, 3.63) is 36.0 Å². The zero-order chi connectivity index (χ0) is 20.9. The van der Waals surface area contributed by atoms with Gasteiger partial charge in [-0.2, -0.15) is 18.4 Å². The maximum Gasteiger partial charge on any atom is 0.335 e. The van der Waals surface area contributed by atoms with Crippen LogP contribution in [0.3, 0.4) is 0 Å². The fraction of sp³-hybridized carbons (Fsp3) is 0.250. The van der Waals surface area contributed by atoms with Crippen LogP contribution in [0.4, 0.5) is 10.7 Å². The van der Waals surface area contributed by atoms with Gasteiger partial charge in [0, 0.05) is 11.8 Å². The standard InChI is InChI=1S/C16H18N6O6S/c1-26-12-9-13(27-2)19-15(18-12)20-16(23)22-29(24,25)14-10(5-3-7-17-14)11-6-4-8-28-21-11/h3,5-7,9,21H,4,8H2,1-2H3,(H2,18,19,20,22,23). The lowest BCUT2D eigenvalue weighted by molar-refractivity contribution is 0.0739. The van der Waals surface area contributed by atoms with Crippen LogP contribution in [-0.2, 0) is 14.9 Å². The molecular formula is C16H18N6O6S. The number of aromatic nitrogens is 3. The Hall–Kier alpha value is -3.45. The molecule has 0 unspecified atom stereocenters. The minimum absolute atomic E-state index is 0.123. The topological polar surface area (TPSA) is 154 Å². The van der Waals surface area contributed by atoms with Gasteiger partial charge in [0.15, 0.2) is 5.03 Å². The molecule has 13 heteroatoms. The van der Waals surface area contributed by atoms with E-state index < -0.39 is 16.1 Å². The van der Waals surface area contributed by atoms with E-state index in [9.17, 15) is 13.2 Å². The summed E-state index contributed by atoms with van der Waals surface area (Å²) in [5.74, 6) is 0.0369. The molecule has 0 saturated heterocycles. The molecule has 3 N–H and O–H groups in total. The molecule has 29 heavy (non-hydrogen) atoms. The molecule has 0 spiro atoms. The lowest BCUT2D eigenvalue weighted by Crippen LogP contribution is -2.36. The van der Waals surface area contributed by atoms with Crippen molar-refractivity contribution in [3.8, 4) is 11.8 Å². The number of pyridine rings is 1. The maximum atomic E-state index is 12.7. The predicted octanol–water partition coefficient (Wildman–Crippen LogP) is 0.665. The van der Waals surface area contributed by atoms with Gasteiger partial charge >= 0.3 is 6.03 Å². The van der Waals surface area contributed by atoms with Gasteiger partial charge in [0.25, 0.3) is 10.0 Å². The first kappa shape index (κ1) is 20.3. The van der Waals surface area contributed by atoms with Crippen LogP contribution >= 0.6 is 0 Å². The molecule has 3 rings (SSSR count). The third kappa shape index (κ3) is 4.89. The highest BCUT2D eigenvalue weighted by Crippen LogP contribution is 2.22. The zero-order valence-corrected chi connectivity index (χ0v) is 16.3. The highest BCUT2D eigenvalue weighted by atomic mass is 32.2. The van der Waals surface area contributed by atoms with E-state index in [0.717, 1.165) is 0 Å². The molecule has 0 aromatic carbocycles. The lowest BCUT2D eigenvalue weighted by Gasteiger charge is -2.17. The number of sulfonamides is 1. The number of hydrogen-bond acceptors (Lipinski definition) is 10. The summed E-state index contributed by atoms with van der Waals surface area (Å²) in [6, 6.07) is 3.43. The number of nitrogens with zero attached hydrogens (tertiary/aromatic N) is 3. The third-order valence-corrected chi connectivity index (χ3v) is 4.90. The summed E-state index contributed by atoms with van der Waals surface area (Å²) >= 11 is 0. The molecule has 1 aliphatic heterocycles. The summed E-state index contributed by atoms with van der Waals surface area (Å²) in [6.45, 7) is 0.455. The van der Waals surface area contributed by atoms with Gasteiger partial charge < -0.3 is 9.47 Å². The van der Waals surface area contributed by atoms with E-state index in [0.29, 0.717) is 18.7 Å². The molecule has 2 amide bonds. The number of amides is 2. The van der Waals surface area contributed by atoms with Crippen molar-refractivity contribution in [3.63, 3.8) is 0 Å². The highest BCUT2D eigenvalue weighted by molar-refractivity contribution is 7.90. The molecule has 1 aliphatic rings. The smallest absolute Gasteiger partial charge is 0.335 e. The molecule has 0 bridgehead atoms. The Morgan fingerprint density at radius 3 is 2.59 bits per heavy atom. The first-order chi connectivity index (χ1) is 13.9. The van der Waals surface area contributed by atoms with Gasteiger partial charge in [0.2, 0.25) is 17.7 Å². The average Bonchev–Trinajstić information content (AvgIpc) is 2.73. The number of carbonyl (C=O) groups excluding carboxylic acids is 1. The summed E-state index contributed by atoms with van der Waals surface area (Å²) in [5.41, 5.74) is 3.34. The van der Waals surface area contributed by atoms with Gasteiger partial charge in [-0.1, -0.05) is 6.08 Å². The Balaban J connectivity index is 1.82. The lowest BCUT2D eigenvalue weighted by atomic mass is 10.2. The fourth-order valence-corrected chi connectivity index (χ4v) is 3.43. The Bertz CT molecular complexity index is 1020. The van der Waals surface area contributed by atoms with E-state index in [1.54, 1.807) is 18.2 Å². The molecule has 154 valence electrons. The van der Waals surface area contributed by atoms with E-state index in [-0.39, 0.29) is 28.3 Å². The number of hydrogen-bond donors (Lipinski definition) is 3. The Morgan fingerprint density at radius 2 is 1.97 bits per heavy atom. The average molecular weight is 422 g/mol. The summed E-state index contributed by atoms with van der Waals surface area (Å²) in [7, 11) is -1.58. The van der Waals surface area contributed by atoms with Crippen LogP contribution in [0, 0.1) is 0 Å². The summed E-state index contributed by atoms with van der Waals surface area (Å²) in [6.07, 6.45) is 3.67. The van der Waals surface area contributed by atoms with E-state index in [4.69, 9.17) is 14.3 Å². The van der Waals surface area contributed by atoms with E-state index in [2.05, 4.69) is 25.7 Å². The Kier molecular flexibility index (Phi) is 6.09. The highest BCUT2D eigenvalue weighted by Gasteiger charge is 2.25. The maximum absolute atomic E-state index is 12.7. The van der Waals surface area contributed by atoms with Crippen molar-refractivity contribution in [2.24, 2.45) is 0 Å². The van der Waals surface area contributed by atoms with Gasteiger partial charge in [0.1, 0.15) is 0 Å². The van der Waals surface area contributed by atoms with Gasteiger partial charge in [0.05, 0.1) is 32.6 Å². The van der Waals surface area contributed by atoms with E-state index in [1.807, 2.05) is 4.72 Å². The van der Waals surface area contributed by atoms with Gasteiger partial charge in [-0.15, -0.1) is 0 Å². The Morgan fingerprint density at radius 1 is 1.24 bits per heavy atom. The Labute approximate surface area is 166 Å². The zero-order valence-electron chi connectivity index (χ0n) is 15.5. The number of carbonyl (C=O) groups is 1. The molecular weight excluding hydrogens is 404 g/mol. The number of nitrogens with one attached hydrogen (secondary N) is 3. The molecule has 0 fully saturated rings. The van der Waals surface area contributed by atoms with Gasteiger partial charge in [-0.3, -0.25) is 15.6 Å². The quantitative estimate of drug-likeness (QED) is 0.605. The second kappa shape index (κ2) is 8.70. The molecule has 3 heterocycles. The molecule has 2 aromatic heterocycles. The molecule has 12 nitrogen and oxygen atoms in total. The summed E-state index contributed by atoms with van der Waals surface area (Å²) in [5, 5.41) is 1.88. The van der Waals surface area contributed by atoms with E-state index >= 15 is 0 Å². The number of urea groups is 1. The third-order valence-electron chi connectivity index (χ3n) is 3.62. The summed E-state index contributed by atoms with van der Waals surface area (Å²) in [4.78, 5) is 29.1. The number of rotatable bonds is 6. The second-order valence-electron chi connectivity index (χ2n) is 5.55. The van der Waals surface area contributed by atoms with Crippen molar-refractivity contribution >= 4 is 27.7 Å². The number of methoxy groups -OCH3 is 2. The number of anilines is 1. The first-order valence-electron chi connectivity index (χ1n) is 8.27. The van der Waals surface area contributed by atoms with E-state index in [1.165, 1.54) is 26.5 Å². The molecule has 2 aromatic rings. The molecule has 0 radical (unpaired) electrons. The monoisotopic (exact) mass is 422 g/mol. The van der Waals surface area contributed by atoms with Crippen LogP contribution in [0.5, 0.6) is 11.8 Å². The van der Waals surface area contributed by atoms with Crippen LogP contribution in [-0.4, -0.2) is 50.2 Å². The molecule has 0 saturated carbocycles. The van der Waals surface area contributed by atoms with Crippen LogP contribution in [0.15, 0.2) is 35.5 Å². The minimum Gasteiger partial charge on any atom is -0.481 e. The van der Waals surface area contributed by atoms with Crippen LogP contribution in [0.1, 0.15) is 12.0 Å². The summed E-state index contributed by atoms with van der Waals surface area (Å²) < 4.78 is 37.3. The predicted molar refractivity (Wildman–Crippen MR) is 100 cm³/mol. The largest absolute Gasteiger partial charge is 0.481 e. The van der Waals surface area contributed by atoms with Crippen LogP contribution in [0.25, 0.3) is 5.70 Å². The van der Waals surface area contributed by atoms with Crippen molar-refractivity contribution in [1.29, 1.82) is 0 Å². The normalized spacial score (nSPS) is 13.7. The van der Waals surface area contributed by atoms with Gasteiger partial charge in [-0.25, -0.2) is 14.5 Å².